The van der Waals surface area contributed by atoms with Crippen molar-refractivity contribution in [3.05, 3.63) is 29.3 Å². The van der Waals surface area contributed by atoms with E-state index < -0.39 is 5.79 Å². The second-order valence-corrected chi connectivity index (χ2v) is 4.04. The zero-order valence-corrected chi connectivity index (χ0v) is 10.2. The SMILES string of the molecule is COc1ccc(C2(CCl)OCCO2)cc1C. The minimum Gasteiger partial charge on any atom is -0.496 e. The van der Waals surface area contributed by atoms with Crippen molar-refractivity contribution >= 4 is 11.6 Å². The topological polar surface area (TPSA) is 27.7 Å². The number of benzene rings is 1. The van der Waals surface area contributed by atoms with Gasteiger partial charge in [0.05, 0.1) is 26.2 Å². The van der Waals surface area contributed by atoms with Gasteiger partial charge in [0.15, 0.2) is 0 Å². The Morgan fingerprint density at radius 2 is 2.06 bits per heavy atom. The van der Waals surface area contributed by atoms with Crippen LogP contribution in [0.1, 0.15) is 11.1 Å². The first-order valence-corrected chi connectivity index (χ1v) is 5.74. The number of rotatable bonds is 3. The van der Waals surface area contributed by atoms with E-state index in [0.717, 1.165) is 16.9 Å². The van der Waals surface area contributed by atoms with Crippen molar-refractivity contribution in [1.29, 1.82) is 0 Å². The standard InChI is InChI=1S/C12H15ClO3/c1-9-7-10(3-4-11(9)14-2)12(8-13)15-5-6-16-12/h3-4,7H,5-6,8H2,1-2H3. The van der Waals surface area contributed by atoms with Gasteiger partial charge in [0.1, 0.15) is 5.75 Å². The third-order valence-electron chi connectivity index (χ3n) is 2.76. The summed E-state index contributed by atoms with van der Waals surface area (Å²) in [5.41, 5.74) is 1.99. The summed E-state index contributed by atoms with van der Waals surface area (Å²) >= 11 is 5.94. The van der Waals surface area contributed by atoms with Crippen molar-refractivity contribution in [2.24, 2.45) is 0 Å². The van der Waals surface area contributed by atoms with Crippen molar-refractivity contribution in [3.63, 3.8) is 0 Å². The Balaban J connectivity index is 2.36. The maximum atomic E-state index is 5.94. The van der Waals surface area contributed by atoms with Crippen molar-refractivity contribution in [3.8, 4) is 5.75 Å². The second-order valence-electron chi connectivity index (χ2n) is 3.77. The van der Waals surface area contributed by atoms with Crippen LogP contribution in [0.5, 0.6) is 5.75 Å². The normalized spacial score (nSPS) is 18.7. The van der Waals surface area contributed by atoms with Crippen LogP contribution in [0.2, 0.25) is 0 Å². The van der Waals surface area contributed by atoms with Crippen LogP contribution in [-0.4, -0.2) is 26.2 Å². The van der Waals surface area contributed by atoms with Gasteiger partial charge in [-0.25, -0.2) is 0 Å². The molecule has 0 radical (unpaired) electrons. The van der Waals surface area contributed by atoms with Gasteiger partial charge in [0.25, 0.3) is 0 Å². The molecule has 0 unspecified atom stereocenters. The molecule has 1 aliphatic heterocycles. The minimum atomic E-state index is -0.779. The highest BCUT2D eigenvalue weighted by atomic mass is 35.5. The molecule has 2 rings (SSSR count). The van der Waals surface area contributed by atoms with Crippen LogP contribution in [0.25, 0.3) is 0 Å². The maximum absolute atomic E-state index is 5.94. The van der Waals surface area contributed by atoms with Crippen molar-refractivity contribution < 1.29 is 14.2 Å². The van der Waals surface area contributed by atoms with E-state index in [1.165, 1.54) is 0 Å². The first-order chi connectivity index (χ1) is 7.72. The molecule has 1 saturated heterocycles. The Morgan fingerprint density at radius 3 is 2.56 bits per heavy atom. The van der Waals surface area contributed by atoms with E-state index in [9.17, 15) is 0 Å². The molecule has 0 saturated carbocycles. The summed E-state index contributed by atoms with van der Waals surface area (Å²) in [6, 6.07) is 5.83. The molecular formula is C12H15ClO3. The van der Waals surface area contributed by atoms with Gasteiger partial charge < -0.3 is 14.2 Å². The van der Waals surface area contributed by atoms with Crippen LogP contribution < -0.4 is 4.74 Å². The van der Waals surface area contributed by atoms with E-state index in [1.54, 1.807) is 7.11 Å². The first-order valence-electron chi connectivity index (χ1n) is 5.21. The molecule has 1 fully saturated rings. The fourth-order valence-electron chi connectivity index (χ4n) is 1.89. The van der Waals surface area contributed by atoms with Gasteiger partial charge in [-0.3, -0.25) is 0 Å². The van der Waals surface area contributed by atoms with Crippen LogP contribution in [0.4, 0.5) is 0 Å². The molecule has 4 heteroatoms. The highest BCUT2D eigenvalue weighted by Gasteiger charge is 2.38. The van der Waals surface area contributed by atoms with Gasteiger partial charge in [0, 0.05) is 5.56 Å². The second kappa shape index (κ2) is 4.62. The number of aryl methyl sites for hydroxylation is 1. The largest absolute Gasteiger partial charge is 0.496 e. The molecule has 1 aromatic rings. The molecule has 0 spiro atoms. The predicted molar refractivity (Wildman–Crippen MR) is 62.0 cm³/mol. The Hall–Kier alpha value is -0.770. The van der Waals surface area contributed by atoms with Crippen LogP contribution in [0.3, 0.4) is 0 Å². The van der Waals surface area contributed by atoms with Gasteiger partial charge in [-0.2, -0.15) is 0 Å². The molecule has 1 aliphatic rings. The molecule has 1 heterocycles. The van der Waals surface area contributed by atoms with Crippen LogP contribution in [0.15, 0.2) is 18.2 Å². The quantitative estimate of drug-likeness (QED) is 0.762. The lowest BCUT2D eigenvalue weighted by molar-refractivity contribution is -0.146. The molecule has 0 atom stereocenters. The molecule has 0 bridgehead atoms. The van der Waals surface area contributed by atoms with Gasteiger partial charge in [-0.1, -0.05) is 0 Å². The van der Waals surface area contributed by atoms with E-state index in [2.05, 4.69) is 0 Å². The highest BCUT2D eigenvalue weighted by Crippen LogP contribution is 2.34. The van der Waals surface area contributed by atoms with E-state index in [0.29, 0.717) is 19.1 Å². The van der Waals surface area contributed by atoms with Crippen molar-refractivity contribution in [1.82, 2.24) is 0 Å². The lowest BCUT2D eigenvalue weighted by Gasteiger charge is -2.25. The van der Waals surface area contributed by atoms with Gasteiger partial charge in [-0.05, 0) is 30.7 Å². The number of hydrogen-bond donors (Lipinski definition) is 0. The Bertz CT molecular complexity index is 373. The Morgan fingerprint density at radius 1 is 1.38 bits per heavy atom. The summed E-state index contributed by atoms with van der Waals surface area (Å²) in [5.74, 6) is 0.364. The molecule has 0 N–H and O–H groups in total. The number of halogens is 1. The average molecular weight is 243 g/mol. The highest BCUT2D eigenvalue weighted by molar-refractivity contribution is 6.18. The molecule has 88 valence electrons. The summed E-state index contributed by atoms with van der Waals surface area (Å²) in [7, 11) is 1.65. The molecule has 16 heavy (non-hydrogen) atoms. The van der Waals surface area contributed by atoms with E-state index >= 15 is 0 Å². The van der Waals surface area contributed by atoms with Gasteiger partial charge in [-0.15, -0.1) is 11.6 Å². The summed E-state index contributed by atoms with van der Waals surface area (Å²) in [6.45, 7) is 3.15. The van der Waals surface area contributed by atoms with E-state index in [-0.39, 0.29) is 0 Å². The fraction of sp³-hybridized carbons (Fsp3) is 0.500. The maximum Gasteiger partial charge on any atom is 0.209 e. The van der Waals surface area contributed by atoms with Gasteiger partial charge >= 0.3 is 0 Å². The number of hydrogen-bond acceptors (Lipinski definition) is 3. The summed E-state index contributed by atoms with van der Waals surface area (Å²) < 4.78 is 16.4. The van der Waals surface area contributed by atoms with E-state index in [4.69, 9.17) is 25.8 Å². The molecule has 3 nitrogen and oxygen atoms in total. The van der Waals surface area contributed by atoms with Crippen LogP contribution >= 0.6 is 11.6 Å². The minimum absolute atomic E-state index is 0.290. The van der Waals surface area contributed by atoms with Crippen LogP contribution in [-0.2, 0) is 15.3 Å². The smallest absolute Gasteiger partial charge is 0.209 e. The summed E-state index contributed by atoms with van der Waals surface area (Å²) in [5, 5.41) is 0. The molecular weight excluding hydrogens is 228 g/mol. The molecule has 1 aromatic carbocycles. The first kappa shape index (κ1) is 11.7. The fourth-order valence-corrected chi connectivity index (χ4v) is 2.20. The van der Waals surface area contributed by atoms with Crippen LogP contribution in [0, 0.1) is 6.92 Å². The molecule has 0 aliphatic carbocycles. The lowest BCUT2D eigenvalue weighted by Crippen LogP contribution is -2.29. The number of alkyl halides is 1. The molecule has 0 aromatic heterocycles. The average Bonchev–Trinajstić information content (AvgIpc) is 2.78. The third-order valence-corrected chi connectivity index (χ3v) is 3.12. The predicted octanol–water partition coefficient (Wildman–Crippen LogP) is 2.44. The Kier molecular flexibility index (Phi) is 3.38. The zero-order valence-electron chi connectivity index (χ0n) is 9.46. The molecule has 0 amide bonds. The van der Waals surface area contributed by atoms with Gasteiger partial charge in [0.2, 0.25) is 5.79 Å². The summed E-state index contributed by atoms with van der Waals surface area (Å²) in [4.78, 5) is 0. The van der Waals surface area contributed by atoms with Crippen molar-refractivity contribution in [2.75, 3.05) is 26.2 Å². The Labute approximate surface area is 100 Å². The zero-order chi connectivity index (χ0) is 11.6. The van der Waals surface area contributed by atoms with E-state index in [1.807, 2.05) is 25.1 Å². The lowest BCUT2D eigenvalue weighted by atomic mass is 10.0. The number of ether oxygens (including phenoxy) is 3. The number of methoxy groups -OCH3 is 1. The summed E-state index contributed by atoms with van der Waals surface area (Å²) in [6.07, 6.45) is 0. The third kappa shape index (κ3) is 1.90. The monoisotopic (exact) mass is 242 g/mol. The van der Waals surface area contributed by atoms with Crippen molar-refractivity contribution in [2.45, 2.75) is 12.7 Å².